The van der Waals surface area contributed by atoms with Crippen molar-refractivity contribution in [3.8, 4) is 0 Å². The number of benzene rings is 1. The lowest BCUT2D eigenvalue weighted by molar-refractivity contribution is -0.141. The van der Waals surface area contributed by atoms with E-state index < -0.39 is 34.5 Å². The number of alkyl halides is 3. The average Bonchev–Trinajstić information content (AvgIpc) is 3.17. The minimum atomic E-state index is -4.79. The second-order valence-corrected chi connectivity index (χ2v) is 7.32. The van der Waals surface area contributed by atoms with E-state index in [1.807, 2.05) is 0 Å². The third kappa shape index (κ3) is 4.33. The van der Waals surface area contributed by atoms with Crippen LogP contribution in [0, 0.1) is 13.8 Å². The highest BCUT2D eigenvalue weighted by atomic mass is 35.5. The fourth-order valence-corrected chi connectivity index (χ4v) is 3.61. The first-order valence-electron chi connectivity index (χ1n) is 9.27. The Hall–Kier alpha value is -3.34. The Kier molecular flexibility index (Phi) is 6.31. The first-order chi connectivity index (χ1) is 15.0. The Labute approximate surface area is 185 Å². The van der Waals surface area contributed by atoms with Crippen LogP contribution in [0.25, 0.3) is 0 Å². The average molecular weight is 470 g/mol. The first-order valence-corrected chi connectivity index (χ1v) is 9.64. The number of carbonyl (C=O) groups excluding carboxylic acids is 2. The van der Waals surface area contributed by atoms with E-state index in [2.05, 4.69) is 15.5 Å². The molecule has 32 heavy (non-hydrogen) atoms. The molecule has 170 valence electrons. The zero-order valence-electron chi connectivity index (χ0n) is 17.5. The van der Waals surface area contributed by atoms with Gasteiger partial charge in [-0.25, -0.2) is 4.79 Å². The molecule has 2 heterocycles. The van der Waals surface area contributed by atoms with Crippen LogP contribution in [0.1, 0.15) is 43.5 Å². The number of anilines is 1. The van der Waals surface area contributed by atoms with E-state index in [9.17, 15) is 22.8 Å². The van der Waals surface area contributed by atoms with Crippen LogP contribution in [0.15, 0.2) is 24.3 Å². The van der Waals surface area contributed by atoms with Crippen molar-refractivity contribution in [1.82, 2.24) is 19.6 Å². The minimum Gasteiger partial charge on any atom is -0.465 e. The number of ether oxygens (including phenoxy) is 1. The predicted molar refractivity (Wildman–Crippen MR) is 110 cm³/mol. The molecular weight excluding hydrogens is 451 g/mol. The number of rotatable bonds is 5. The van der Waals surface area contributed by atoms with Crippen molar-refractivity contribution in [1.29, 1.82) is 0 Å². The highest BCUT2D eigenvalue weighted by Gasteiger charge is 2.39. The number of methoxy groups -OCH3 is 1. The summed E-state index contributed by atoms with van der Waals surface area (Å²) < 4.78 is 46.3. The van der Waals surface area contributed by atoms with Crippen molar-refractivity contribution in [2.24, 2.45) is 7.05 Å². The van der Waals surface area contributed by atoms with Crippen LogP contribution >= 0.6 is 11.6 Å². The molecule has 0 aliphatic heterocycles. The maximum absolute atomic E-state index is 13.0. The van der Waals surface area contributed by atoms with Crippen molar-refractivity contribution in [3.63, 3.8) is 0 Å². The van der Waals surface area contributed by atoms with Crippen molar-refractivity contribution in [2.75, 3.05) is 12.4 Å². The second-order valence-electron chi connectivity index (χ2n) is 6.94. The van der Waals surface area contributed by atoms with E-state index >= 15 is 0 Å². The lowest BCUT2D eigenvalue weighted by Crippen LogP contribution is -2.17. The number of esters is 1. The standard InChI is InChI=1S/C20H19ClF3N5O3/c1-10-15(25-18(30)16-14(21)17(20(22,23)24)27-28(16)3)11(2)29(26-10)9-12-7-5-6-8-13(12)19(31)32-4/h5-8H,9H2,1-4H3,(H,25,30). The van der Waals surface area contributed by atoms with Gasteiger partial charge >= 0.3 is 12.1 Å². The molecule has 0 radical (unpaired) electrons. The lowest BCUT2D eigenvalue weighted by atomic mass is 10.1. The van der Waals surface area contributed by atoms with Crippen LogP contribution in [-0.4, -0.2) is 38.5 Å². The normalized spacial score (nSPS) is 11.5. The van der Waals surface area contributed by atoms with Gasteiger partial charge in [0.15, 0.2) is 5.69 Å². The van der Waals surface area contributed by atoms with Gasteiger partial charge in [-0.3, -0.25) is 14.2 Å². The molecule has 0 aliphatic carbocycles. The number of aryl methyl sites for hydroxylation is 2. The third-order valence-electron chi connectivity index (χ3n) is 4.84. The molecule has 12 heteroatoms. The summed E-state index contributed by atoms with van der Waals surface area (Å²) in [5.74, 6) is -1.36. The maximum atomic E-state index is 13.0. The van der Waals surface area contributed by atoms with E-state index in [4.69, 9.17) is 16.3 Å². The van der Waals surface area contributed by atoms with Crippen molar-refractivity contribution < 1.29 is 27.5 Å². The van der Waals surface area contributed by atoms with Gasteiger partial charge in [0.05, 0.1) is 36.3 Å². The van der Waals surface area contributed by atoms with Crippen molar-refractivity contribution in [3.05, 3.63) is 63.2 Å². The molecular formula is C20H19ClF3N5O3. The number of amides is 1. The summed E-state index contributed by atoms with van der Waals surface area (Å²) in [5.41, 5.74) is 0.528. The molecule has 0 unspecified atom stereocenters. The number of hydrogen-bond acceptors (Lipinski definition) is 5. The molecule has 1 aromatic carbocycles. The molecule has 0 saturated heterocycles. The molecule has 0 atom stereocenters. The summed E-state index contributed by atoms with van der Waals surface area (Å²) >= 11 is 5.80. The summed E-state index contributed by atoms with van der Waals surface area (Å²) in [6.07, 6.45) is -4.79. The van der Waals surface area contributed by atoms with Gasteiger partial charge in [-0.05, 0) is 25.5 Å². The van der Waals surface area contributed by atoms with Crippen LogP contribution < -0.4 is 5.32 Å². The number of halogens is 4. The Bertz CT molecular complexity index is 1200. The molecule has 0 saturated carbocycles. The van der Waals surface area contributed by atoms with Crippen LogP contribution in [0.2, 0.25) is 5.02 Å². The summed E-state index contributed by atoms with van der Waals surface area (Å²) in [6, 6.07) is 6.83. The van der Waals surface area contributed by atoms with Gasteiger partial charge in [0.25, 0.3) is 5.91 Å². The quantitative estimate of drug-likeness (QED) is 0.570. The van der Waals surface area contributed by atoms with E-state index in [-0.39, 0.29) is 6.54 Å². The van der Waals surface area contributed by atoms with Gasteiger partial charge in [0, 0.05) is 7.05 Å². The van der Waals surface area contributed by atoms with Gasteiger partial charge in [-0.15, -0.1) is 0 Å². The summed E-state index contributed by atoms with van der Waals surface area (Å²) in [7, 11) is 2.48. The van der Waals surface area contributed by atoms with Crippen LogP contribution in [0.3, 0.4) is 0 Å². The molecule has 1 amide bonds. The van der Waals surface area contributed by atoms with Gasteiger partial charge in [-0.1, -0.05) is 29.8 Å². The molecule has 0 spiro atoms. The Morgan fingerprint density at radius 1 is 1.19 bits per heavy atom. The van der Waals surface area contributed by atoms with Crippen LogP contribution in [0.5, 0.6) is 0 Å². The monoisotopic (exact) mass is 469 g/mol. The van der Waals surface area contributed by atoms with Gasteiger partial charge in [0.1, 0.15) is 10.7 Å². The molecule has 0 aliphatic rings. The highest BCUT2D eigenvalue weighted by Crippen LogP contribution is 2.35. The van der Waals surface area contributed by atoms with E-state index in [0.717, 1.165) is 4.68 Å². The van der Waals surface area contributed by atoms with Crippen LogP contribution in [0.4, 0.5) is 18.9 Å². The summed E-state index contributed by atoms with van der Waals surface area (Å²) in [4.78, 5) is 24.7. The number of hydrogen-bond donors (Lipinski definition) is 1. The van der Waals surface area contributed by atoms with Gasteiger partial charge in [-0.2, -0.15) is 23.4 Å². The van der Waals surface area contributed by atoms with Crippen molar-refractivity contribution >= 4 is 29.2 Å². The SMILES string of the molecule is COC(=O)c1ccccc1Cn1nc(C)c(NC(=O)c2c(Cl)c(C(F)(F)F)nn2C)c1C. The molecule has 2 aromatic heterocycles. The topological polar surface area (TPSA) is 91.0 Å². The minimum absolute atomic E-state index is 0.207. The van der Waals surface area contributed by atoms with E-state index in [1.165, 1.54) is 14.2 Å². The smallest absolute Gasteiger partial charge is 0.436 e. The van der Waals surface area contributed by atoms with E-state index in [1.54, 1.807) is 42.8 Å². The molecule has 0 bridgehead atoms. The van der Waals surface area contributed by atoms with Gasteiger partial charge in [0.2, 0.25) is 0 Å². The molecule has 0 fully saturated rings. The number of aromatic nitrogens is 4. The zero-order chi connectivity index (χ0) is 23.8. The third-order valence-corrected chi connectivity index (χ3v) is 5.19. The Morgan fingerprint density at radius 2 is 1.84 bits per heavy atom. The largest absolute Gasteiger partial charge is 0.465 e. The predicted octanol–water partition coefficient (Wildman–Crippen LogP) is 3.99. The highest BCUT2D eigenvalue weighted by molar-refractivity contribution is 6.34. The summed E-state index contributed by atoms with van der Waals surface area (Å²) in [6.45, 7) is 3.53. The number of nitrogens with zero attached hydrogens (tertiary/aromatic N) is 4. The van der Waals surface area contributed by atoms with Crippen molar-refractivity contribution in [2.45, 2.75) is 26.6 Å². The van der Waals surface area contributed by atoms with E-state index in [0.29, 0.717) is 28.2 Å². The van der Waals surface area contributed by atoms with Gasteiger partial charge < -0.3 is 10.1 Å². The Balaban J connectivity index is 1.91. The zero-order valence-corrected chi connectivity index (χ0v) is 18.3. The second kappa shape index (κ2) is 8.65. The lowest BCUT2D eigenvalue weighted by Gasteiger charge is -2.10. The first kappa shape index (κ1) is 23.3. The Morgan fingerprint density at radius 3 is 2.44 bits per heavy atom. The molecule has 1 N–H and O–H groups in total. The molecule has 3 rings (SSSR count). The molecule has 3 aromatic rings. The van der Waals surface area contributed by atoms with Crippen LogP contribution in [-0.2, 0) is 24.5 Å². The molecule has 8 nitrogen and oxygen atoms in total. The maximum Gasteiger partial charge on any atom is 0.436 e. The fraction of sp³-hybridized carbons (Fsp3) is 0.300. The summed E-state index contributed by atoms with van der Waals surface area (Å²) in [5, 5.41) is 9.49. The number of nitrogens with one attached hydrogen (secondary N) is 1. The number of carbonyl (C=O) groups is 2. The fourth-order valence-electron chi connectivity index (χ4n) is 3.26.